The smallest absolute Gasteiger partial charge is 0.186 e. The molecule has 0 unspecified atom stereocenters. The van der Waals surface area contributed by atoms with Gasteiger partial charge in [0.05, 0.1) is 13.2 Å². The average Bonchev–Trinajstić information content (AvgIpc) is 2.76. The van der Waals surface area contributed by atoms with E-state index in [9.17, 15) is 40.9 Å². The number of rotatable bonds is 11. The van der Waals surface area contributed by atoms with Gasteiger partial charge in [-0.3, -0.25) is 0 Å². The molecule has 0 aliphatic carbocycles. The zero-order valence-electron chi connectivity index (χ0n) is 17.9. The molecule has 2 saturated heterocycles. The van der Waals surface area contributed by atoms with Crippen molar-refractivity contribution in [2.24, 2.45) is 0 Å². The first-order valence-corrected chi connectivity index (χ1v) is 11.0. The van der Waals surface area contributed by atoms with Gasteiger partial charge in [0.2, 0.25) is 0 Å². The molecule has 0 aromatic heterocycles. The van der Waals surface area contributed by atoms with E-state index < -0.39 is 73.9 Å². The molecule has 184 valence electrons. The second-order valence-corrected chi connectivity index (χ2v) is 8.39. The first kappa shape index (κ1) is 26.8. The van der Waals surface area contributed by atoms with Gasteiger partial charge in [0.25, 0.3) is 0 Å². The molecule has 0 spiro atoms. The van der Waals surface area contributed by atoms with E-state index in [2.05, 4.69) is 6.92 Å². The first-order chi connectivity index (χ1) is 14.7. The number of ether oxygens (including phenoxy) is 3. The molecular formula is C20H38O11. The summed E-state index contributed by atoms with van der Waals surface area (Å²) in [7, 11) is 0. The van der Waals surface area contributed by atoms with Gasteiger partial charge in [-0.15, -0.1) is 0 Å². The van der Waals surface area contributed by atoms with E-state index in [0.717, 1.165) is 32.1 Å². The molecule has 31 heavy (non-hydrogen) atoms. The molecule has 0 saturated carbocycles. The van der Waals surface area contributed by atoms with Gasteiger partial charge in [-0.2, -0.15) is 0 Å². The Hall–Kier alpha value is -0.440. The Kier molecular flexibility index (Phi) is 10.5. The van der Waals surface area contributed by atoms with E-state index in [1.165, 1.54) is 0 Å². The van der Waals surface area contributed by atoms with Crippen LogP contribution in [-0.2, 0) is 14.2 Å². The van der Waals surface area contributed by atoms with E-state index in [4.69, 9.17) is 14.2 Å². The number of unbranched alkanes of at least 4 members (excludes halogenated alkanes) is 5. The maximum absolute atomic E-state index is 11.2. The summed E-state index contributed by atoms with van der Waals surface area (Å²) < 4.78 is 16.3. The first-order valence-electron chi connectivity index (χ1n) is 11.0. The predicted octanol–water partition coefficient (Wildman–Crippen LogP) is -2.62. The molecule has 10 atom stereocenters. The molecule has 2 heterocycles. The topological polar surface area (TPSA) is 190 Å². The molecule has 2 aliphatic heterocycles. The molecule has 11 heteroatoms. The van der Waals surface area contributed by atoms with Crippen LogP contribution in [0.1, 0.15) is 45.4 Å². The van der Waals surface area contributed by atoms with E-state index in [1.807, 2.05) is 0 Å². The SMILES string of the molecule is CCCCCCCCO[C@H]1O[C@H](CO)[C@](O)([C@@H]2O[C@H](CO)[C@H](O)[C@H](O)[C@H]2O)[C@H](O)[C@H]1O. The summed E-state index contributed by atoms with van der Waals surface area (Å²) in [6.07, 6.45) is -9.08. The van der Waals surface area contributed by atoms with Crippen molar-refractivity contribution < 1.29 is 55.1 Å². The third-order valence-corrected chi connectivity index (χ3v) is 6.18. The highest BCUT2D eigenvalue weighted by Gasteiger charge is 2.64. The van der Waals surface area contributed by atoms with Crippen molar-refractivity contribution in [3.8, 4) is 0 Å². The molecule has 2 aliphatic rings. The van der Waals surface area contributed by atoms with Gasteiger partial charge in [-0.05, 0) is 6.42 Å². The lowest BCUT2D eigenvalue weighted by Gasteiger charge is -2.54. The fourth-order valence-corrected chi connectivity index (χ4v) is 4.21. The highest BCUT2D eigenvalue weighted by atomic mass is 16.7. The van der Waals surface area contributed by atoms with Crippen LogP contribution < -0.4 is 0 Å². The largest absolute Gasteiger partial charge is 0.394 e. The highest BCUT2D eigenvalue weighted by Crippen LogP contribution is 2.39. The van der Waals surface area contributed by atoms with Crippen LogP contribution in [0.2, 0.25) is 0 Å². The van der Waals surface area contributed by atoms with Crippen molar-refractivity contribution in [1.82, 2.24) is 0 Å². The molecule has 0 radical (unpaired) electrons. The summed E-state index contributed by atoms with van der Waals surface area (Å²) in [6, 6.07) is 0. The Bertz CT molecular complexity index is 517. The van der Waals surface area contributed by atoms with E-state index in [1.54, 1.807) is 0 Å². The van der Waals surface area contributed by atoms with Crippen molar-refractivity contribution in [2.45, 2.75) is 106 Å². The van der Waals surface area contributed by atoms with Crippen LogP contribution in [0.15, 0.2) is 0 Å². The van der Waals surface area contributed by atoms with Crippen molar-refractivity contribution in [1.29, 1.82) is 0 Å². The number of aliphatic hydroxyl groups excluding tert-OH is 7. The fraction of sp³-hybridized carbons (Fsp3) is 1.00. The number of hydrogen-bond acceptors (Lipinski definition) is 11. The molecule has 2 rings (SSSR count). The van der Waals surface area contributed by atoms with Crippen molar-refractivity contribution in [2.75, 3.05) is 19.8 Å². The maximum Gasteiger partial charge on any atom is 0.186 e. The van der Waals surface area contributed by atoms with Crippen LogP contribution in [0.5, 0.6) is 0 Å². The van der Waals surface area contributed by atoms with E-state index in [-0.39, 0.29) is 6.61 Å². The van der Waals surface area contributed by atoms with Gasteiger partial charge >= 0.3 is 0 Å². The minimum atomic E-state index is -2.57. The average molecular weight is 455 g/mol. The second kappa shape index (κ2) is 12.1. The molecule has 0 aromatic rings. The summed E-state index contributed by atoms with van der Waals surface area (Å²) in [6.45, 7) is 0.785. The molecule has 0 amide bonds. The monoisotopic (exact) mass is 454 g/mol. The second-order valence-electron chi connectivity index (χ2n) is 8.39. The van der Waals surface area contributed by atoms with Crippen molar-refractivity contribution in [3.63, 3.8) is 0 Å². The van der Waals surface area contributed by atoms with Gasteiger partial charge < -0.3 is 55.1 Å². The zero-order valence-corrected chi connectivity index (χ0v) is 17.9. The summed E-state index contributed by atoms with van der Waals surface area (Å²) in [5.74, 6) is 0. The maximum atomic E-state index is 11.2. The Labute approximate surface area is 181 Å². The summed E-state index contributed by atoms with van der Waals surface area (Å²) in [5, 5.41) is 81.8. The molecule has 2 fully saturated rings. The predicted molar refractivity (Wildman–Crippen MR) is 106 cm³/mol. The van der Waals surface area contributed by atoms with Crippen LogP contribution in [0, 0.1) is 0 Å². The lowest BCUT2D eigenvalue weighted by atomic mass is 9.75. The third-order valence-electron chi connectivity index (χ3n) is 6.18. The normalized spacial score (nSPS) is 43.8. The fourth-order valence-electron chi connectivity index (χ4n) is 4.21. The minimum absolute atomic E-state index is 0.233. The Morgan fingerprint density at radius 1 is 0.774 bits per heavy atom. The van der Waals surface area contributed by atoms with Crippen molar-refractivity contribution in [3.05, 3.63) is 0 Å². The van der Waals surface area contributed by atoms with Gasteiger partial charge in [0, 0.05) is 6.61 Å². The molecule has 0 bridgehead atoms. The van der Waals surface area contributed by atoms with Crippen molar-refractivity contribution >= 4 is 0 Å². The lowest BCUT2D eigenvalue weighted by molar-refractivity contribution is -0.372. The van der Waals surface area contributed by atoms with E-state index in [0.29, 0.717) is 6.42 Å². The third kappa shape index (κ3) is 5.74. The van der Waals surface area contributed by atoms with Crippen LogP contribution in [0.25, 0.3) is 0 Å². The van der Waals surface area contributed by atoms with E-state index >= 15 is 0 Å². The Balaban J connectivity index is 2.05. The Morgan fingerprint density at radius 2 is 1.42 bits per heavy atom. The number of aliphatic hydroxyl groups is 8. The van der Waals surface area contributed by atoms with Crippen LogP contribution in [0.4, 0.5) is 0 Å². The summed E-state index contributed by atoms with van der Waals surface area (Å²) in [4.78, 5) is 0. The minimum Gasteiger partial charge on any atom is -0.394 e. The van der Waals surface area contributed by atoms with Gasteiger partial charge in [0.15, 0.2) is 11.9 Å². The summed E-state index contributed by atoms with van der Waals surface area (Å²) in [5.41, 5.74) is -2.57. The highest BCUT2D eigenvalue weighted by molar-refractivity contribution is 5.11. The van der Waals surface area contributed by atoms with Crippen LogP contribution in [-0.4, -0.2) is 121 Å². The van der Waals surface area contributed by atoms with Crippen LogP contribution in [0.3, 0.4) is 0 Å². The molecular weight excluding hydrogens is 416 g/mol. The number of hydrogen-bond donors (Lipinski definition) is 8. The Morgan fingerprint density at radius 3 is 2.03 bits per heavy atom. The molecule has 8 N–H and O–H groups in total. The van der Waals surface area contributed by atoms with Gasteiger partial charge in [-0.25, -0.2) is 0 Å². The molecule has 0 aromatic carbocycles. The van der Waals surface area contributed by atoms with Gasteiger partial charge in [0.1, 0.15) is 48.8 Å². The van der Waals surface area contributed by atoms with Crippen LogP contribution >= 0.6 is 0 Å². The van der Waals surface area contributed by atoms with Gasteiger partial charge in [-0.1, -0.05) is 39.0 Å². The molecule has 11 nitrogen and oxygen atoms in total. The zero-order chi connectivity index (χ0) is 23.2. The standard InChI is InChI=1S/C20H38O11/c1-2-3-4-5-6-7-8-29-19-16(26)17(27)20(28,12(10-22)31-19)18-15(25)14(24)13(23)11(9-21)30-18/h11-19,21-28H,2-10H2,1H3/t11-,12-,13+,14+,15-,16-,17-,18-,19+,20-/m1/s1. The summed E-state index contributed by atoms with van der Waals surface area (Å²) >= 11 is 0. The quantitative estimate of drug-likeness (QED) is 0.153. The lowest BCUT2D eigenvalue weighted by Crippen LogP contribution is -2.77.